The van der Waals surface area contributed by atoms with Crippen LogP contribution in [0.15, 0.2) is 48.5 Å². The number of carbonyl (C=O) groups excluding carboxylic acids is 1. The van der Waals surface area contributed by atoms with E-state index in [9.17, 15) is 9.18 Å². The average Bonchev–Trinajstić information content (AvgIpc) is 3.55. The molecule has 2 aromatic carbocycles. The van der Waals surface area contributed by atoms with E-state index in [1.165, 1.54) is 25.0 Å². The summed E-state index contributed by atoms with van der Waals surface area (Å²) in [7, 11) is 0. The highest BCUT2D eigenvalue weighted by Gasteiger charge is 2.31. The average molecular weight is 420 g/mol. The monoisotopic (exact) mass is 420 g/mol. The van der Waals surface area contributed by atoms with Crippen molar-refractivity contribution < 1.29 is 13.9 Å². The van der Waals surface area contributed by atoms with Gasteiger partial charge in [0.1, 0.15) is 24.0 Å². The number of aromatic amines is 1. The second-order valence-electron chi connectivity index (χ2n) is 8.36. The molecule has 1 aromatic heterocycles. The van der Waals surface area contributed by atoms with E-state index in [2.05, 4.69) is 15.2 Å². The zero-order chi connectivity index (χ0) is 21.2. The number of benzene rings is 2. The molecule has 31 heavy (non-hydrogen) atoms. The minimum absolute atomic E-state index is 0.0157. The molecule has 7 heteroatoms. The molecule has 0 spiro atoms. The molecule has 5 rings (SSSR count). The molecule has 6 nitrogen and oxygen atoms in total. The van der Waals surface area contributed by atoms with Crippen LogP contribution >= 0.6 is 0 Å². The van der Waals surface area contributed by atoms with E-state index in [0.29, 0.717) is 42.8 Å². The fourth-order valence-corrected chi connectivity index (χ4v) is 4.00. The van der Waals surface area contributed by atoms with Gasteiger partial charge in [0, 0.05) is 30.5 Å². The minimum atomic E-state index is -0.272. The summed E-state index contributed by atoms with van der Waals surface area (Å²) in [6.07, 6.45) is 4.14. The van der Waals surface area contributed by atoms with Crippen molar-refractivity contribution >= 4 is 5.91 Å². The Morgan fingerprint density at radius 3 is 2.58 bits per heavy atom. The largest absolute Gasteiger partial charge is 0.489 e. The van der Waals surface area contributed by atoms with E-state index in [-0.39, 0.29) is 11.7 Å². The molecule has 1 amide bonds. The van der Waals surface area contributed by atoms with Gasteiger partial charge in [-0.25, -0.2) is 9.37 Å². The molecule has 2 fully saturated rings. The van der Waals surface area contributed by atoms with Crippen molar-refractivity contribution in [1.82, 2.24) is 20.1 Å². The number of nitrogens with one attached hydrogen (secondary N) is 1. The predicted molar refractivity (Wildman–Crippen MR) is 113 cm³/mol. The van der Waals surface area contributed by atoms with Crippen LogP contribution in [0.25, 0.3) is 0 Å². The number of amides is 1. The number of rotatable bonds is 6. The number of carbonyl (C=O) groups is 1. The van der Waals surface area contributed by atoms with Crippen LogP contribution in [-0.2, 0) is 6.61 Å². The van der Waals surface area contributed by atoms with Gasteiger partial charge in [0.05, 0.1) is 0 Å². The normalized spacial score (nSPS) is 17.0. The molecule has 3 aromatic rings. The lowest BCUT2D eigenvalue weighted by molar-refractivity contribution is 0.0710. The minimum Gasteiger partial charge on any atom is -0.489 e. The van der Waals surface area contributed by atoms with Crippen molar-refractivity contribution in [2.45, 2.75) is 44.1 Å². The lowest BCUT2D eigenvalue weighted by Crippen LogP contribution is -2.38. The third-order valence-corrected chi connectivity index (χ3v) is 6.03. The van der Waals surface area contributed by atoms with Gasteiger partial charge in [0.15, 0.2) is 5.82 Å². The van der Waals surface area contributed by atoms with E-state index in [4.69, 9.17) is 4.74 Å². The van der Waals surface area contributed by atoms with Crippen LogP contribution in [0, 0.1) is 5.82 Å². The van der Waals surface area contributed by atoms with Gasteiger partial charge in [-0.05, 0) is 61.6 Å². The molecule has 0 bridgehead atoms. The number of aromatic nitrogens is 3. The lowest BCUT2D eigenvalue weighted by atomic mass is 9.95. The molecule has 2 aliphatic rings. The van der Waals surface area contributed by atoms with Crippen LogP contribution in [0.1, 0.15) is 65.1 Å². The van der Waals surface area contributed by atoms with E-state index in [1.807, 2.05) is 23.1 Å². The lowest BCUT2D eigenvalue weighted by Gasteiger charge is -2.31. The summed E-state index contributed by atoms with van der Waals surface area (Å²) in [6, 6.07) is 13.4. The standard InChI is InChI=1S/C24H25FN4O2/c25-20-8-4-16(5-9-20)15-31-21-3-1-2-19(14-21)24(30)29-12-10-18(11-13-29)23-26-22(27-28-23)17-6-7-17/h1-5,8-9,14,17-18H,6-7,10-13,15H2,(H,26,27,28). The Bertz CT molecular complexity index is 1050. The Morgan fingerprint density at radius 2 is 1.84 bits per heavy atom. The highest BCUT2D eigenvalue weighted by Crippen LogP contribution is 2.38. The first-order valence-corrected chi connectivity index (χ1v) is 10.8. The molecule has 0 radical (unpaired) electrons. The van der Waals surface area contributed by atoms with Gasteiger partial charge in [0.2, 0.25) is 0 Å². The summed E-state index contributed by atoms with van der Waals surface area (Å²) < 4.78 is 18.8. The molecule has 1 aliphatic carbocycles. The highest BCUT2D eigenvalue weighted by atomic mass is 19.1. The van der Waals surface area contributed by atoms with E-state index in [0.717, 1.165) is 30.1 Å². The van der Waals surface area contributed by atoms with Crippen LogP contribution < -0.4 is 4.74 Å². The maximum atomic E-state index is 13.0. The molecular weight excluding hydrogens is 395 g/mol. The zero-order valence-electron chi connectivity index (χ0n) is 17.3. The second kappa shape index (κ2) is 8.49. The van der Waals surface area contributed by atoms with Gasteiger partial charge in [-0.1, -0.05) is 18.2 Å². The maximum Gasteiger partial charge on any atom is 0.253 e. The third-order valence-electron chi connectivity index (χ3n) is 6.03. The number of ether oxygens (including phenoxy) is 1. The van der Waals surface area contributed by atoms with Crippen molar-refractivity contribution in [2.75, 3.05) is 13.1 Å². The number of likely N-dealkylation sites (tertiary alicyclic amines) is 1. The third kappa shape index (κ3) is 4.60. The van der Waals surface area contributed by atoms with E-state index >= 15 is 0 Å². The molecular formula is C24H25FN4O2. The number of piperidine rings is 1. The van der Waals surface area contributed by atoms with Crippen LogP contribution in [0.4, 0.5) is 4.39 Å². The summed E-state index contributed by atoms with van der Waals surface area (Å²) in [4.78, 5) is 19.6. The maximum absolute atomic E-state index is 13.0. The summed E-state index contributed by atoms with van der Waals surface area (Å²) in [5.41, 5.74) is 1.49. The van der Waals surface area contributed by atoms with Gasteiger partial charge in [-0.2, -0.15) is 5.10 Å². The fraction of sp³-hybridized carbons (Fsp3) is 0.375. The first-order chi connectivity index (χ1) is 15.2. The molecule has 1 N–H and O–H groups in total. The smallest absolute Gasteiger partial charge is 0.253 e. The summed E-state index contributed by atoms with van der Waals surface area (Å²) in [5.74, 6) is 3.16. The van der Waals surface area contributed by atoms with Gasteiger partial charge < -0.3 is 9.64 Å². The van der Waals surface area contributed by atoms with Gasteiger partial charge in [-0.3, -0.25) is 9.89 Å². The van der Waals surface area contributed by atoms with Crippen molar-refractivity contribution in [3.05, 3.63) is 77.1 Å². The number of H-pyrrole nitrogens is 1. The predicted octanol–water partition coefficient (Wildman–Crippen LogP) is 4.42. The topological polar surface area (TPSA) is 71.1 Å². The Kier molecular flexibility index (Phi) is 5.40. The molecule has 1 saturated carbocycles. The fourth-order valence-electron chi connectivity index (χ4n) is 4.00. The first kappa shape index (κ1) is 19.7. The van der Waals surface area contributed by atoms with E-state index in [1.54, 1.807) is 18.2 Å². The summed E-state index contributed by atoms with van der Waals surface area (Å²) in [5, 5.41) is 7.47. The summed E-state index contributed by atoms with van der Waals surface area (Å²) in [6.45, 7) is 1.72. The van der Waals surface area contributed by atoms with Gasteiger partial charge >= 0.3 is 0 Å². The Morgan fingerprint density at radius 1 is 1.06 bits per heavy atom. The van der Waals surface area contributed by atoms with Crippen LogP contribution in [0.3, 0.4) is 0 Å². The molecule has 1 saturated heterocycles. The first-order valence-electron chi connectivity index (χ1n) is 10.8. The SMILES string of the molecule is O=C(c1cccc(OCc2ccc(F)cc2)c1)N1CCC(c2nc(C3CC3)n[nH]2)CC1. The number of halogens is 1. The van der Waals surface area contributed by atoms with E-state index < -0.39 is 0 Å². The molecule has 0 atom stereocenters. The quantitative estimate of drug-likeness (QED) is 0.641. The molecule has 160 valence electrons. The van der Waals surface area contributed by atoms with Crippen LogP contribution in [0.5, 0.6) is 5.75 Å². The van der Waals surface area contributed by atoms with Gasteiger partial charge in [-0.15, -0.1) is 0 Å². The Hall–Kier alpha value is -3.22. The van der Waals surface area contributed by atoms with Crippen LogP contribution in [-0.4, -0.2) is 39.1 Å². The summed E-state index contributed by atoms with van der Waals surface area (Å²) >= 11 is 0. The van der Waals surface area contributed by atoms with Crippen molar-refractivity contribution in [3.63, 3.8) is 0 Å². The number of nitrogens with zero attached hydrogens (tertiary/aromatic N) is 3. The van der Waals surface area contributed by atoms with Crippen molar-refractivity contribution in [3.8, 4) is 5.75 Å². The Labute approximate surface area is 180 Å². The molecule has 2 heterocycles. The second-order valence-corrected chi connectivity index (χ2v) is 8.36. The number of hydrogen-bond donors (Lipinski definition) is 1. The molecule has 0 unspecified atom stereocenters. The van der Waals surface area contributed by atoms with Crippen LogP contribution in [0.2, 0.25) is 0 Å². The highest BCUT2D eigenvalue weighted by molar-refractivity contribution is 5.94. The Balaban J connectivity index is 1.17. The zero-order valence-corrected chi connectivity index (χ0v) is 17.3. The molecule has 1 aliphatic heterocycles. The van der Waals surface area contributed by atoms with Crippen molar-refractivity contribution in [2.24, 2.45) is 0 Å². The van der Waals surface area contributed by atoms with Gasteiger partial charge in [0.25, 0.3) is 5.91 Å². The number of hydrogen-bond acceptors (Lipinski definition) is 4. The van der Waals surface area contributed by atoms with Crippen molar-refractivity contribution in [1.29, 1.82) is 0 Å².